The highest BCUT2D eigenvalue weighted by atomic mass is 32.1. The van der Waals surface area contributed by atoms with E-state index in [2.05, 4.69) is 10.6 Å². The van der Waals surface area contributed by atoms with Gasteiger partial charge in [0.05, 0.1) is 18.8 Å². The Hall–Kier alpha value is -3.72. The number of alkyl carbamates (subject to hydrolysis) is 1. The third kappa shape index (κ3) is 7.13. The fourth-order valence-corrected chi connectivity index (χ4v) is 4.76. The third-order valence-electron chi connectivity index (χ3n) is 5.61. The van der Waals surface area contributed by atoms with E-state index in [1.165, 1.54) is 18.4 Å². The standard InChI is InChI=1S/C26H30N4O4S/c1-4-20-16(2)35-25(29-20)22(15-18-10-12-19(13-11-18)23(27)31)28-24(32)21(30-26(33)34-3)14-17-8-6-5-7-9-17/h5-13,21-22H,4,14-15H2,1-3H3,(H2,27,31)(H,28,32)(H,30,33)/t21-,22-/m0/s1. The van der Waals surface area contributed by atoms with Crippen LogP contribution in [0.25, 0.3) is 0 Å². The summed E-state index contributed by atoms with van der Waals surface area (Å²) in [6.07, 6.45) is 0.866. The van der Waals surface area contributed by atoms with Gasteiger partial charge in [-0.3, -0.25) is 9.59 Å². The highest BCUT2D eigenvalue weighted by Crippen LogP contribution is 2.27. The summed E-state index contributed by atoms with van der Waals surface area (Å²) in [4.78, 5) is 42.7. The van der Waals surface area contributed by atoms with Crippen molar-refractivity contribution in [1.82, 2.24) is 15.6 Å². The number of primary amides is 1. The summed E-state index contributed by atoms with van der Waals surface area (Å²) in [7, 11) is 1.26. The number of nitrogens with one attached hydrogen (secondary N) is 2. The Morgan fingerprint density at radius 3 is 2.23 bits per heavy atom. The number of aromatic nitrogens is 1. The number of nitrogens with two attached hydrogens (primary N) is 1. The van der Waals surface area contributed by atoms with Crippen molar-refractivity contribution in [3.05, 3.63) is 86.9 Å². The van der Waals surface area contributed by atoms with E-state index in [0.29, 0.717) is 18.4 Å². The first kappa shape index (κ1) is 25.9. The molecule has 1 aromatic heterocycles. The summed E-state index contributed by atoms with van der Waals surface area (Å²) in [5.41, 5.74) is 8.57. The molecular formula is C26H30N4O4S. The zero-order valence-corrected chi connectivity index (χ0v) is 20.9. The van der Waals surface area contributed by atoms with Gasteiger partial charge in [-0.05, 0) is 43.0 Å². The van der Waals surface area contributed by atoms with E-state index in [9.17, 15) is 14.4 Å². The van der Waals surface area contributed by atoms with Gasteiger partial charge < -0.3 is 21.1 Å². The SMILES string of the molecule is CCc1nc([C@H](Cc2ccc(C(N)=O)cc2)NC(=O)[C@H](Cc2ccccc2)NC(=O)OC)sc1C. The number of aryl methyl sites for hydroxylation is 2. The van der Waals surface area contributed by atoms with Crippen molar-refractivity contribution in [1.29, 1.82) is 0 Å². The molecule has 3 rings (SSSR count). The summed E-state index contributed by atoms with van der Waals surface area (Å²) in [6, 6.07) is 15.1. The van der Waals surface area contributed by atoms with E-state index >= 15 is 0 Å². The summed E-state index contributed by atoms with van der Waals surface area (Å²) in [6.45, 7) is 4.05. The third-order valence-corrected chi connectivity index (χ3v) is 6.74. The predicted molar refractivity (Wildman–Crippen MR) is 135 cm³/mol. The van der Waals surface area contributed by atoms with Crippen LogP contribution >= 0.6 is 11.3 Å². The van der Waals surface area contributed by atoms with Crippen LogP contribution in [0, 0.1) is 6.92 Å². The van der Waals surface area contributed by atoms with Crippen LogP contribution < -0.4 is 16.4 Å². The molecule has 3 aromatic rings. The lowest BCUT2D eigenvalue weighted by atomic mass is 10.0. The van der Waals surface area contributed by atoms with Crippen molar-refractivity contribution in [3.63, 3.8) is 0 Å². The van der Waals surface area contributed by atoms with E-state index in [0.717, 1.165) is 33.1 Å². The number of methoxy groups -OCH3 is 1. The van der Waals surface area contributed by atoms with Crippen molar-refractivity contribution in [2.45, 2.75) is 45.2 Å². The van der Waals surface area contributed by atoms with Gasteiger partial charge in [0, 0.05) is 16.9 Å². The number of nitrogens with zero attached hydrogens (tertiary/aromatic N) is 1. The summed E-state index contributed by atoms with van der Waals surface area (Å²) in [5.74, 6) is -0.842. The van der Waals surface area contributed by atoms with Crippen LogP contribution in [0.1, 0.15) is 50.0 Å². The molecule has 184 valence electrons. The minimum atomic E-state index is -0.837. The first-order valence-electron chi connectivity index (χ1n) is 11.3. The molecule has 0 unspecified atom stereocenters. The Morgan fingerprint density at radius 1 is 1.00 bits per heavy atom. The molecule has 0 aliphatic heterocycles. The van der Waals surface area contributed by atoms with E-state index in [1.54, 1.807) is 12.1 Å². The molecule has 0 aliphatic carbocycles. The van der Waals surface area contributed by atoms with Gasteiger partial charge in [-0.2, -0.15) is 0 Å². The van der Waals surface area contributed by atoms with E-state index in [-0.39, 0.29) is 5.91 Å². The number of carbonyl (C=O) groups is 3. The first-order valence-corrected chi connectivity index (χ1v) is 12.2. The molecule has 9 heteroatoms. The number of ether oxygens (including phenoxy) is 1. The van der Waals surface area contributed by atoms with Crippen LogP contribution in [0.3, 0.4) is 0 Å². The Labute approximate surface area is 208 Å². The number of hydrogen-bond acceptors (Lipinski definition) is 6. The number of hydrogen-bond donors (Lipinski definition) is 3. The highest BCUT2D eigenvalue weighted by molar-refractivity contribution is 7.11. The molecule has 0 bridgehead atoms. The van der Waals surface area contributed by atoms with Crippen LogP contribution in [-0.2, 0) is 28.8 Å². The monoisotopic (exact) mass is 494 g/mol. The molecular weight excluding hydrogens is 464 g/mol. The minimum Gasteiger partial charge on any atom is -0.453 e. The molecule has 0 spiro atoms. The Morgan fingerprint density at radius 2 is 1.66 bits per heavy atom. The van der Waals surface area contributed by atoms with Crippen LogP contribution in [-0.4, -0.2) is 36.0 Å². The lowest BCUT2D eigenvalue weighted by molar-refractivity contribution is -0.123. The quantitative estimate of drug-likeness (QED) is 0.398. The van der Waals surface area contributed by atoms with Gasteiger partial charge >= 0.3 is 6.09 Å². The number of rotatable bonds is 10. The molecule has 4 N–H and O–H groups in total. The van der Waals surface area contributed by atoms with Gasteiger partial charge in [-0.25, -0.2) is 9.78 Å². The molecule has 35 heavy (non-hydrogen) atoms. The van der Waals surface area contributed by atoms with Crippen LogP contribution in [0.4, 0.5) is 4.79 Å². The van der Waals surface area contributed by atoms with Gasteiger partial charge in [0.2, 0.25) is 11.8 Å². The first-order chi connectivity index (χ1) is 16.8. The summed E-state index contributed by atoms with van der Waals surface area (Å²) < 4.78 is 4.74. The average Bonchev–Trinajstić information content (AvgIpc) is 3.24. The molecule has 8 nitrogen and oxygen atoms in total. The molecule has 1 heterocycles. The fourth-order valence-electron chi connectivity index (χ4n) is 3.70. The molecule has 0 aliphatic rings. The Balaban J connectivity index is 1.87. The zero-order chi connectivity index (χ0) is 25.4. The lowest BCUT2D eigenvalue weighted by Gasteiger charge is -2.22. The highest BCUT2D eigenvalue weighted by Gasteiger charge is 2.27. The van der Waals surface area contributed by atoms with Crippen LogP contribution in [0.5, 0.6) is 0 Å². The maximum absolute atomic E-state index is 13.4. The van der Waals surface area contributed by atoms with E-state index in [1.807, 2.05) is 56.3 Å². The van der Waals surface area contributed by atoms with Crippen molar-refractivity contribution >= 4 is 29.2 Å². The molecule has 0 saturated carbocycles. The maximum atomic E-state index is 13.4. The van der Waals surface area contributed by atoms with Crippen molar-refractivity contribution in [3.8, 4) is 0 Å². The molecule has 0 saturated heterocycles. The predicted octanol–water partition coefficient (Wildman–Crippen LogP) is 3.48. The lowest BCUT2D eigenvalue weighted by Crippen LogP contribution is -2.49. The van der Waals surface area contributed by atoms with Crippen LogP contribution in [0.2, 0.25) is 0 Å². The second-order valence-corrected chi connectivity index (χ2v) is 9.35. The number of carbonyl (C=O) groups excluding carboxylic acids is 3. The second kappa shape index (κ2) is 12.1. The smallest absolute Gasteiger partial charge is 0.407 e. The Kier molecular flexibility index (Phi) is 8.97. The topological polar surface area (TPSA) is 123 Å². The molecule has 0 radical (unpaired) electrons. The number of amides is 3. The Bertz CT molecular complexity index is 1160. The van der Waals surface area contributed by atoms with Gasteiger partial charge in [0.1, 0.15) is 11.0 Å². The average molecular weight is 495 g/mol. The van der Waals surface area contributed by atoms with Gasteiger partial charge in [0.25, 0.3) is 0 Å². The zero-order valence-electron chi connectivity index (χ0n) is 20.0. The van der Waals surface area contributed by atoms with Gasteiger partial charge in [0.15, 0.2) is 0 Å². The number of thiazole rings is 1. The number of benzene rings is 2. The molecule has 2 aromatic carbocycles. The van der Waals surface area contributed by atoms with Crippen LogP contribution in [0.15, 0.2) is 54.6 Å². The maximum Gasteiger partial charge on any atom is 0.407 e. The summed E-state index contributed by atoms with van der Waals surface area (Å²) in [5, 5.41) is 6.50. The fraction of sp³-hybridized carbons (Fsp3) is 0.308. The van der Waals surface area contributed by atoms with E-state index < -0.39 is 24.1 Å². The van der Waals surface area contributed by atoms with Crippen molar-refractivity contribution in [2.75, 3.05) is 7.11 Å². The summed E-state index contributed by atoms with van der Waals surface area (Å²) >= 11 is 1.54. The van der Waals surface area contributed by atoms with Gasteiger partial charge in [-0.1, -0.05) is 49.4 Å². The molecule has 0 fully saturated rings. The van der Waals surface area contributed by atoms with E-state index in [4.69, 9.17) is 15.5 Å². The second-order valence-electron chi connectivity index (χ2n) is 8.11. The normalized spacial score (nSPS) is 12.4. The molecule has 3 amide bonds. The molecule has 2 atom stereocenters. The van der Waals surface area contributed by atoms with Gasteiger partial charge in [-0.15, -0.1) is 11.3 Å². The minimum absolute atomic E-state index is 0.304. The van der Waals surface area contributed by atoms with Crippen molar-refractivity contribution in [2.24, 2.45) is 5.73 Å². The largest absolute Gasteiger partial charge is 0.453 e. The van der Waals surface area contributed by atoms with Crippen molar-refractivity contribution < 1.29 is 19.1 Å².